The van der Waals surface area contributed by atoms with Crippen molar-refractivity contribution in [1.29, 1.82) is 0 Å². The van der Waals surface area contributed by atoms with Crippen molar-refractivity contribution < 1.29 is 13.5 Å². The summed E-state index contributed by atoms with van der Waals surface area (Å²) in [5, 5.41) is 18.3. The predicted octanol–water partition coefficient (Wildman–Crippen LogP) is 2.88. The molecule has 0 atom stereocenters. The first-order chi connectivity index (χ1) is 13.0. The zero-order chi connectivity index (χ0) is 19.4. The highest BCUT2D eigenvalue weighted by Crippen LogP contribution is 2.37. The lowest BCUT2D eigenvalue weighted by molar-refractivity contribution is 0.282. The average Bonchev–Trinajstić information content (AvgIpc) is 2.67. The van der Waals surface area contributed by atoms with E-state index in [9.17, 15) is 13.5 Å². The molecular weight excluding hydrogens is 360 g/mol. The Morgan fingerprint density at radius 2 is 1.56 bits per heavy atom. The third-order valence-corrected chi connectivity index (χ3v) is 5.40. The Morgan fingerprint density at radius 1 is 0.889 bits per heavy atom. The van der Waals surface area contributed by atoms with Crippen LogP contribution in [0, 0.1) is 0 Å². The number of aliphatic hydroxyl groups is 1. The largest absolute Gasteiger partial charge is 0.392 e. The van der Waals surface area contributed by atoms with Crippen molar-refractivity contribution in [1.82, 2.24) is 5.32 Å². The Balaban J connectivity index is 2.33. The van der Waals surface area contributed by atoms with Gasteiger partial charge in [-0.1, -0.05) is 54.6 Å². The molecule has 3 aromatic carbocycles. The summed E-state index contributed by atoms with van der Waals surface area (Å²) < 4.78 is 24.3. The first-order valence-electron chi connectivity index (χ1n) is 8.54. The molecule has 0 spiro atoms. The van der Waals surface area contributed by atoms with Gasteiger partial charge < -0.3 is 10.4 Å². The van der Waals surface area contributed by atoms with E-state index in [4.69, 9.17) is 5.14 Å². The molecule has 0 unspecified atom stereocenters. The number of nitrogens with two attached hydrogens (primary N) is 1. The van der Waals surface area contributed by atoms with Crippen LogP contribution in [0.5, 0.6) is 0 Å². The number of sulfonamides is 1. The summed E-state index contributed by atoms with van der Waals surface area (Å²) in [6.07, 6.45) is 0. The van der Waals surface area contributed by atoms with Crippen molar-refractivity contribution in [2.24, 2.45) is 5.14 Å². The van der Waals surface area contributed by atoms with Gasteiger partial charge in [-0.25, -0.2) is 13.6 Å². The van der Waals surface area contributed by atoms with Gasteiger partial charge in [-0.15, -0.1) is 0 Å². The quantitative estimate of drug-likeness (QED) is 0.611. The number of hydrogen-bond donors (Lipinski definition) is 3. The Labute approximate surface area is 159 Å². The monoisotopic (exact) mass is 382 g/mol. The van der Waals surface area contributed by atoms with Gasteiger partial charge in [0.05, 0.1) is 11.5 Å². The standard InChI is InChI=1S/C21H22N2O3S/c1-23-13-15-10-11-18(17-7-3-2-6-16(17)14-24)20(12-15)19-8-4-5-9-21(19)27(22,25)26/h2-12,23-24H,13-14H2,1H3,(H2,22,25,26). The smallest absolute Gasteiger partial charge is 0.238 e. The summed E-state index contributed by atoms with van der Waals surface area (Å²) in [6.45, 7) is 0.539. The van der Waals surface area contributed by atoms with Crippen molar-refractivity contribution in [2.75, 3.05) is 7.05 Å². The summed E-state index contributed by atoms with van der Waals surface area (Å²) >= 11 is 0. The Hall–Kier alpha value is -2.51. The first kappa shape index (κ1) is 19.3. The van der Waals surface area contributed by atoms with E-state index in [0.717, 1.165) is 27.8 Å². The second-order valence-electron chi connectivity index (χ2n) is 6.27. The SMILES string of the molecule is CNCc1ccc(-c2ccccc2CO)c(-c2ccccc2S(N)(=O)=O)c1. The molecule has 6 heteroatoms. The fourth-order valence-electron chi connectivity index (χ4n) is 3.22. The van der Waals surface area contributed by atoms with E-state index in [1.807, 2.05) is 49.5 Å². The zero-order valence-corrected chi connectivity index (χ0v) is 15.8. The molecular formula is C21H22N2O3S. The summed E-state index contributed by atoms with van der Waals surface area (Å²) in [4.78, 5) is 0.0781. The zero-order valence-electron chi connectivity index (χ0n) is 15.0. The maximum absolute atomic E-state index is 12.1. The Morgan fingerprint density at radius 3 is 2.22 bits per heavy atom. The molecule has 5 nitrogen and oxygen atoms in total. The van der Waals surface area contributed by atoms with Gasteiger partial charge in [0.15, 0.2) is 0 Å². The molecule has 140 valence electrons. The van der Waals surface area contributed by atoms with Crippen molar-refractivity contribution >= 4 is 10.0 Å². The number of hydrogen-bond acceptors (Lipinski definition) is 4. The van der Waals surface area contributed by atoms with Gasteiger partial charge in [-0.2, -0.15) is 0 Å². The molecule has 0 aliphatic heterocycles. The van der Waals surface area contributed by atoms with Gasteiger partial charge in [0.2, 0.25) is 10.0 Å². The number of rotatable bonds is 6. The van der Waals surface area contributed by atoms with Gasteiger partial charge in [-0.3, -0.25) is 0 Å². The van der Waals surface area contributed by atoms with Crippen LogP contribution in [0.1, 0.15) is 11.1 Å². The van der Waals surface area contributed by atoms with E-state index in [-0.39, 0.29) is 11.5 Å². The first-order valence-corrected chi connectivity index (χ1v) is 10.1. The molecule has 0 radical (unpaired) electrons. The van der Waals surface area contributed by atoms with Crippen LogP contribution in [0.2, 0.25) is 0 Å². The summed E-state index contributed by atoms with van der Waals surface area (Å²) in [7, 11) is -2.03. The highest BCUT2D eigenvalue weighted by molar-refractivity contribution is 7.89. The molecule has 0 bridgehead atoms. The maximum Gasteiger partial charge on any atom is 0.238 e. The highest BCUT2D eigenvalue weighted by Gasteiger charge is 2.19. The third kappa shape index (κ3) is 4.09. The van der Waals surface area contributed by atoms with Crippen LogP contribution in [0.4, 0.5) is 0 Å². The van der Waals surface area contributed by atoms with Crippen molar-refractivity contribution in [3.05, 3.63) is 77.9 Å². The third-order valence-electron chi connectivity index (χ3n) is 4.43. The topological polar surface area (TPSA) is 92.4 Å². The van der Waals surface area contributed by atoms with Crippen molar-refractivity contribution in [3.63, 3.8) is 0 Å². The molecule has 3 rings (SSSR count). The molecule has 0 heterocycles. The summed E-state index contributed by atoms with van der Waals surface area (Å²) in [5.74, 6) is 0. The molecule has 0 aliphatic rings. The van der Waals surface area contributed by atoms with Crippen molar-refractivity contribution in [2.45, 2.75) is 18.0 Å². The molecule has 0 saturated carbocycles. The second kappa shape index (κ2) is 8.02. The fourth-order valence-corrected chi connectivity index (χ4v) is 3.97. The Bertz CT molecular complexity index is 1060. The van der Waals surface area contributed by atoms with Crippen LogP contribution >= 0.6 is 0 Å². The Kier molecular flexibility index (Phi) is 5.72. The van der Waals surface area contributed by atoms with E-state index < -0.39 is 10.0 Å². The molecule has 0 amide bonds. The summed E-state index contributed by atoms with van der Waals surface area (Å²) in [5.41, 5.74) is 4.79. The molecule has 0 aliphatic carbocycles. The molecule has 0 saturated heterocycles. The lowest BCUT2D eigenvalue weighted by atomic mass is 9.90. The maximum atomic E-state index is 12.1. The van der Waals surface area contributed by atoms with Gasteiger partial charge in [0.1, 0.15) is 0 Å². The van der Waals surface area contributed by atoms with Gasteiger partial charge in [0, 0.05) is 12.1 Å². The minimum absolute atomic E-state index is 0.0781. The van der Waals surface area contributed by atoms with Crippen molar-refractivity contribution in [3.8, 4) is 22.3 Å². The average molecular weight is 382 g/mol. The second-order valence-corrected chi connectivity index (χ2v) is 7.80. The van der Waals surface area contributed by atoms with Crippen LogP contribution in [-0.4, -0.2) is 20.6 Å². The lowest BCUT2D eigenvalue weighted by Gasteiger charge is -2.17. The minimum atomic E-state index is -3.89. The van der Waals surface area contributed by atoms with Crippen LogP contribution in [0.15, 0.2) is 71.6 Å². The van der Waals surface area contributed by atoms with Gasteiger partial charge >= 0.3 is 0 Å². The van der Waals surface area contributed by atoms with E-state index in [0.29, 0.717) is 12.1 Å². The van der Waals surface area contributed by atoms with E-state index >= 15 is 0 Å². The number of primary sulfonamides is 1. The van der Waals surface area contributed by atoms with Crippen LogP contribution in [-0.2, 0) is 23.2 Å². The van der Waals surface area contributed by atoms with Crippen LogP contribution < -0.4 is 10.5 Å². The molecule has 27 heavy (non-hydrogen) atoms. The molecule has 4 N–H and O–H groups in total. The normalized spacial score (nSPS) is 11.5. The van der Waals surface area contributed by atoms with E-state index in [1.165, 1.54) is 6.07 Å². The van der Waals surface area contributed by atoms with Gasteiger partial charge in [0.25, 0.3) is 0 Å². The van der Waals surface area contributed by atoms with Crippen LogP contribution in [0.3, 0.4) is 0 Å². The number of aliphatic hydroxyl groups excluding tert-OH is 1. The predicted molar refractivity (Wildman–Crippen MR) is 107 cm³/mol. The van der Waals surface area contributed by atoms with E-state index in [1.54, 1.807) is 18.2 Å². The molecule has 3 aromatic rings. The number of benzene rings is 3. The molecule has 0 fully saturated rings. The van der Waals surface area contributed by atoms with Gasteiger partial charge in [-0.05, 0) is 47.0 Å². The van der Waals surface area contributed by atoms with E-state index in [2.05, 4.69) is 5.32 Å². The lowest BCUT2D eigenvalue weighted by Crippen LogP contribution is -2.13. The minimum Gasteiger partial charge on any atom is -0.392 e. The molecule has 0 aromatic heterocycles. The van der Waals surface area contributed by atoms with Crippen LogP contribution in [0.25, 0.3) is 22.3 Å². The fraction of sp³-hybridized carbons (Fsp3) is 0.143. The summed E-state index contributed by atoms with van der Waals surface area (Å²) in [6, 6.07) is 20.1. The number of nitrogens with one attached hydrogen (secondary N) is 1. The highest BCUT2D eigenvalue weighted by atomic mass is 32.2.